The van der Waals surface area contributed by atoms with Gasteiger partial charge in [0.2, 0.25) is 0 Å². The Balaban J connectivity index is 2.39. The van der Waals surface area contributed by atoms with Crippen LogP contribution in [0.1, 0.15) is 51.0 Å². The number of methoxy groups -OCH3 is 2. The third-order valence-electron chi connectivity index (χ3n) is 4.37. The summed E-state index contributed by atoms with van der Waals surface area (Å²) in [5.41, 5.74) is 0.755. The highest BCUT2D eigenvalue weighted by molar-refractivity contribution is 14.1. The van der Waals surface area contributed by atoms with Gasteiger partial charge in [0.25, 0.3) is 0 Å². The van der Waals surface area contributed by atoms with E-state index in [1.807, 2.05) is 0 Å². The van der Waals surface area contributed by atoms with Gasteiger partial charge in [-0.25, -0.2) is 9.97 Å². The number of rotatable bonds is 4. The average Bonchev–Trinajstić information content (AvgIpc) is 2.44. The van der Waals surface area contributed by atoms with Gasteiger partial charge in [-0.05, 0) is 53.7 Å². The van der Waals surface area contributed by atoms with Crippen LogP contribution < -0.4 is 0 Å². The van der Waals surface area contributed by atoms with E-state index in [2.05, 4.69) is 46.4 Å². The Bertz CT molecular complexity index is 513. The van der Waals surface area contributed by atoms with E-state index < -0.39 is 5.60 Å². The molecule has 6 heteroatoms. The highest BCUT2D eigenvalue weighted by Gasteiger charge is 2.42. The number of hydrogen-bond donors (Lipinski definition) is 0. The molecule has 0 atom stereocenters. The molecule has 0 radical (unpaired) electrons. The highest BCUT2D eigenvalue weighted by atomic mass is 127. The SMILES string of the molecule is COCc1nc(C2(OC)CCC(C)(C)CC2)nc(Cl)c1I. The van der Waals surface area contributed by atoms with Crippen LogP contribution in [0.15, 0.2) is 0 Å². The van der Waals surface area contributed by atoms with Crippen molar-refractivity contribution in [1.82, 2.24) is 9.97 Å². The third-order valence-corrected chi connectivity index (χ3v) is 6.10. The highest BCUT2D eigenvalue weighted by Crippen LogP contribution is 2.46. The van der Waals surface area contributed by atoms with Crippen LogP contribution in [0.4, 0.5) is 0 Å². The Morgan fingerprint density at radius 2 is 1.76 bits per heavy atom. The molecule has 0 spiro atoms. The van der Waals surface area contributed by atoms with Gasteiger partial charge in [0.1, 0.15) is 10.8 Å². The van der Waals surface area contributed by atoms with Crippen molar-refractivity contribution in [3.63, 3.8) is 0 Å². The fourth-order valence-electron chi connectivity index (χ4n) is 2.75. The first-order valence-corrected chi connectivity index (χ1v) is 8.56. The number of halogens is 2. The largest absolute Gasteiger partial charge is 0.378 e. The van der Waals surface area contributed by atoms with Crippen LogP contribution in [0.25, 0.3) is 0 Å². The van der Waals surface area contributed by atoms with E-state index in [0.717, 1.165) is 34.9 Å². The lowest BCUT2D eigenvalue weighted by Crippen LogP contribution is -2.38. The predicted molar refractivity (Wildman–Crippen MR) is 91.4 cm³/mol. The van der Waals surface area contributed by atoms with Crippen LogP contribution in [-0.2, 0) is 21.7 Å². The number of nitrogens with zero attached hydrogens (tertiary/aromatic N) is 2. The van der Waals surface area contributed by atoms with Gasteiger partial charge in [-0.15, -0.1) is 0 Å². The molecule has 0 amide bonds. The lowest BCUT2D eigenvalue weighted by atomic mass is 9.70. The lowest BCUT2D eigenvalue weighted by Gasteiger charge is -2.41. The summed E-state index contributed by atoms with van der Waals surface area (Å²) in [6.07, 6.45) is 4.01. The van der Waals surface area contributed by atoms with Crippen molar-refractivity contribution in [3.05, 3.63) is 20.2 Å². The number of aromatic nitrogens is 2. The Morgan fingerprint density at radius 1 is 1.14 bits per heavy atom. The zero-order valence-corrected chi connectivity index (χ0v) is 15.9. The van der Waals surface area contributed by atoms with Crippen LogP contribution in [0.5, 0.6) is 0 Å². The van der Waals surface area contributed by atoms with Crippen LogP contribution in [0.3, 0.4) is 0 Å². The quantitative estimate of drug-likeness (QED) is 0.533. The number of hydrogen-bond acceptors (Lipinski definition) is 4. The minimum absolute atomic E-state index is 0.352. The van der Waals surface area contributed by atoms with Crippen molar-refractivity contribution >= 4 is 34.2 Å². The molecule has 1 fully saturated rings. The molecule has 4 nitrogen and oxygen atoms in total. The minimum atomic E-state index is -0.425. The standard InChI is InChI=1S/C15H22ClIN2O2/c1-14(2)5-7-15(21-4,8-6-14)13-18-10(9-20-3)11(17)12(16)19-13/h5-9H2,1-4H3. The van der Waals surface area contributed by atoms with E-state index in [4.69, 9.17) is 21.1 Å². The van der Waals surface area contributed by atoms with E-state index in [9.17, 15) is 0 Å². The summed E-state index contributed by atoms with van der Waals surface area (Å²) in [7, 11) is 3.39. The molecule has 21 heavy (non-hydrogen) atoms. The van der Waals surface area contributed by atoms with E-state index in [-0.39, 0.29) is 0 Å². The van der Waals surface area contributed by atoms with E-state index in [1.165, 1.54) is 0 Å². The van der Waals surface area contributed by atoms with Crippen LogP contribution in [0.2, 0.25) is 5.15 Å². The fourth-order valence-corrected chi connectivity index (χ4v) is 3.33. The van der Waals surface area contributed by atoms with Crippen LogP contribution in [-0.4, -0.2) is 24.2 Å². The van der Waals surface area contributed by atoms with Crippen molar-refractivity contribution in [2.45, 2.75) is 51.7 Å². The zero-order valence-electron chi connectivity index (χ0n) is 13.0. The molecular weight excluding hydrogens is 403 g/mol. The van der Waals surface area contributed by atoms with E-state index in [0.29, 0.717) is 23.0 Å². The van der Waals surface area contributed by atoms with Gasteiger partial charge in [0.15, 0.2) is 5.82 Å². The molecule has 0 unspecified atom stereocenters. The molecule has 1 aliphatic rings. The predicted octanol–water partition coefficient (Wildman–Crippen LogP) is 4.32. The minimum Gasteiger partial charge on any atom is -0.378 e. The summed E-state index contributed by atoms with van der Waals surface area (Å²) in [6, 6.07) is 0. The molecule has 118 valence electrons. The summed E-state index contributed by atoms with van der Waals surface area (Å²) in [6.45, 7) is 5.02. The van der Waals surface area contributed by atoms with Gasteiger partial charge in [0.05, 0.1) is 15.9 Å². The summed E-state index contributed by atoms with van der Waals surface area (Å²) in [4.78, 5) is 9.18. The smallest absolute Gasteiger partial charge is 0.162 e. The van der Waals surface area contributed by atoms with Gasteiger partial charge in [0, 0.05) is 14.2 Å². The maximum absolute atomic E-state index is 6.28. The van der Waals surface area contributed by atoms with Gasteiger partial charge in [-0.2, -0.15) is 0 Å². The maximum atomic E-state index is 6.28. The monoisotopic (exact) mass is 424 g/mol. The molecule has 1 saturated carbocycles. The normalized spacial score (nSPS) is 20.5. The van der Waals surface area contributed by atoms with Gasteiger partial charge >= 0.3 is 0 Å². The summed E-state index contributed by atoms with van der Waals surface area (Å²) < 4.78 is 11.9. The Morgan fingerprint density at radius 3 is 2.29 bits per heavy atom. The van der Waals surface area contributed by atoms with Gasteiger partial charge in [-0.3, -0.25) is 0 Å². The van der Waals surface area contributed by atoms with Crippen molar-refractivity contribution in [2.24, 2.45) is 5.41 Å². The zero-order chi connectivity index (χ0) is 15.7. The lowest BCUT2D eigenvalue weighted by molar-refractivity contribution is -0.0732. The molecule has 2 rings (SSSR count). The van der Waals surface area contributed by atoms with E-state index in [1.54, 1.807) is 14.2 Å². The summed E-state index contributed by atoms with van der Waals surface area (Å²) in [5, 5.41) is 0.480. The maximum Gasteiger partial charge on any atom is 0.162 e. The Hall–Kier alpha value is 0.0200. The van der Waals surface area contributed by atoms with Crippen molar-refractivity contribution in [1.29, 1.82) is 0 Å². The van der Waals surface area contributed by atoms with Crippen molar-refractivity contribution < 1.29 is 9.47 Å². The first-order chi connectivity index (χ1) is 9.83. The van der Waals surface area contributed by atoms with E-state index >= 15 is 0 Å². The molecule has 0 bridgehead atoms. The first-order valence-electron chi connectivity index (χ1n) is 7.10. The third kappa shape index (κ3) is 3.68. The second-order valence-electron chi connectivity index (χ2n) is 6.39. The molecule has 0 aliphatic heterocycles. The molecule has 1 aromatic rings. The van der Waals surface area contributed by atoms with Crippen molar-refractivity contribution in [3.8, 4) is 0 Å². The fraction of sp³-hybridized carbons (Fsp3) is 0.733. The van der Waals surface area contributed by atoms with Crippen molar-refractivity contribution in [2.75, 3.05) is 14.2 Å². The van der Waals surface area contributed by atoms with Gasteiger partial charge in [-0.1, -0.05) is 25.4 Å². The average molecular weight is 425 g/mol. The van der Waals surface area contributed by atoms with Gasteiger partial charge < -0.3 is 9.47 Å². The molecule has 0 N–H and O–H groups in total. The molecular formula is C15H22ClIN2O2. The van der Waals surface area contributed by atoms with Crippen LogP contribution >= 0.6 is 34.2 Å². The summed E-state index contributed by atoms with van der Waals surface area (Å²) >= 11 is 8.44. The molecule has 1 heterocycles. The molecule has 1 aromatic heterocycles. The molecule has 1 aliphatic carbocycles. The second kappa shape index (κ2) is 6.64. The number of ether oxygens (including phenoxy) is 2. The molecule has 0 saturated heterocycles. The Labute approximate surface area is 145 Å². The second-order valence-corrected chi connectivity index (χ2v) is 7.83. The first kappa shape index (κ1) is 17.4. The summed E-state index contributed by atoms with van der Waals surface area (Å²) in [5.74, 6) is 0.693. The Kier molecular flexibility index (Phi) is 5.50. The van der Waals surface area contributed by atoms with Crippen LogP contribution in [0, 0.1) is 8.99 Å². The molecule has 0 aromatic carbocycles. The topological polar surface area (TPSA) is 44.2 Å².